The molecule has 5 heteroatoms. The number of nitrogens with zero attached hydrogens (tertiary/aromatic N) is 1. The zero-order chi connectivity index (χ0) is 11.0. The number of carbonyl (C=O) groups is 1. The van der Waals surface area contributed by atoms with Gasteiger partial charge in [0.25, 0.3) is 0 Å². The molecule has 80 valence electrons. The van der Waals surface area contributed by atoms with Crippen molar-refractivity contribution in [1.82, 2.24) is 5.32 Å². The van der Waals surface area contributed by atoms with Gasteiger partial charge in [-0.2, -0.15) is 0 Å². The normalized spacial score (nSPS) is 11.3. The molecule has 0 aromatic heterocycles. The first-order valence-corrected chi connectivity index (χ1v) is 5.21. The summed E-state index contributed by atoms with van der Waals surface area (Å²) < 4.78 is 0. The summed E-state index contributed by atoms with van der Waals surface area (Å²) in [6.45, 7) is 7.72. The van der Waals surface area contributed by atoms with Gasteiger partial charge in [-0.15, -0.1) is 0 Å². The van der Waals surface area contributed by atoms with Crippen LogP contribution in [0.25, 0.3) is 0 Å². The lowest BCUT2D eigenvalue weighted by molar-refractivity contribution is 0.153. The highest BCUT2D eigenvalue weighted by Crippen LogP contribution is 2.13. The van der Waals surface area contributed by atoms with E-state index in [1.807, 2.05) is 0 Å². The number of thioether (sulfide) groups is 1. The number of nitrogens with one attached hydrogen (secondary N) is 1. The predicted molar refractivity (Wildman–Crippen MR) is 60.2 cm³/mol. The summed E-state index contributed by atoms with van der Waals surface area (Å²) in [5.74, 6) is 0.467. The van der Waals surface area contributed by atoms with Crippen LogP contribution in [0, 0.1) is 5.92 Å². The van der Waals surface area contributed by atoms with E-state index in [-0.39, 0.29) is 0 Å². The molecule has 4 nitrogen and oxygen atoms in total. The van der Waals surface area contributed by atoms with Crippen LogP contribution in [0.4, 0.5) is 4.79 Å². The Morgan fingerprint density at radius 1 is 1.71 bits per heavy atom. The third kappa shape index (κ3) is 6.54. The highest BCUT2D eigenvalue weighted by atomic mass is 32.2. The molecule has 0 saturated carbocycles. The average molecular weight is 216 g/mol. The van der Waals surface area contributed by atoms with Crippen LogP contribution < -0.4 is 5.32 Å². The van der Waals surface area contributed by atoms with Gasteiger partial charge in [-0.3, -0.25) is 4.84 Å². The molecule has 0 aliphatic rings. The minimum absolute atomic E-state index is 0.467. The fourth-order valence-corrected chi connectivity index (χ4v) is 1.39. The minimum Gasteiger partial charge on any atom is -0.323 e. The second kappa shape index (κ2) is 7.44. The van der Waals surface area contributed by atoms with E-state index in [1.54, 1.807) is 5.41 Å². The summed E-state index contributed by atoms with van der Waals surface area (Å²) in [5, 5.41) is 8.44. The minimum atomic E-state index is -0.559. The van der Waals surface area contributed by atoms with Crippen molar-refractivity contribution in [3.8, 4) is 0 Å². The Balaban J connectivity index is 4.16. The van der Waals surface area contributed by atoms with Gasteiger partial charge >= 0.3 is 6.09 Å². The van der Waals surface area contributed by atoms with E-state index in [2.05, 4.69) is 35.7 Å². The van der Waals surface area contributed by atoms with Gasteiger partial charge in [0, 0.05) is 13.5 Å². The Morgan fingerprint density at radius 3 is 2.79 bits per heavy atom. The lowest BCUT2D eigenvalue weighted by Gasteiger charge is -2.05. The van der Waals surface area contributed by atoms with Gasteiger partial charge in [0.15, 0.2) is 0 Å². The maximum Gasteiger partial charge on any atom is 0.433 e. The summed E-state index contributed by atoms with van der Waals surface area (Å²) in [6, 6.07) is 0. The van der Waals surface area contributed by atoms with Crippen molar-refractivity contribution in [2.45, 2.75) is 20.3 Å². The number of oxime groups is 1. The molecular formula is C9H16N2O2S. The van der Waals surface area contributed by atoms with E-state index in [0.717, 1.165) is 11.5 Å². The van der Waals surface area contributed by atoms with Crippen LogP contribution in [0.15, 0.2) is 17.1 Å². The molecule has 0 radical (unpaired) electrons. The number of hydrogen-bond acceptors (Lipinski definition) is 4. The monoisotopic (exact) mass is 216 g/mol. The Morgan fingerprint density at radius 2 is 2.36 bits per heavy atom. The molecule has 0 aromatic carbocycles. The molecule has 1 N–H and O–H groups in total. The lowest BCUT2D eigenvalue weighted by atomic mass is 10.1. The molecule has 0 saturated heterocycles. The molecule has 14 heavy (non-hydrogen) atoms. The summed E-state index contributed by atoms with van der Waals surface area (Å²) >= 11 is 1.37. The summed E-state index contributed by atoms with van der Waals surface area (Å²) in [4.78, 5) is 15.3. The van der Waals surface area contributed by atoms with Gasteiger partial charge in [-0.1, -0.05) is 37.3 Å². The van der Waals surface area contributed by atoms with E-state index < -0.39 is 6.09 Å². The smallest absolute Gasteiger partial charge is 0.323 e. The largest absolute Gasteiger partial charge is 0.433 e. The Bertz CT molecular complexity index is 227. The highest BCUT2D eigenvalue weighted by Gasteiger charge is 2.04. The fourth-order valence-electron chi connectivity index (χ4n) is 0.690. The molecule has 0 rings (SSSR count). The molecule has 0 atom stereocenters. The Kier molecular flexibility index (Phi) is 6.92. The number of amides is 1. The van der Waals surface area contributed by atoms with Gasteiger partial charge in [0.2, 0.25) is 0 Å². The third-order valence-corrected chi connectivity index (χ3v) is 1.92. The van der Waals surface area contributed by atoms with Crippen LogP contribution in [0.2, 0.25) is 0 Å². The lowest BCUT2D eigenvalue weighted by Crippen LogP contribution is -2.17. The number of carbonyl (C=O) groups excluding carboxylic acids is 1. The molecule has 0 spiro atoms. The summed E-state index contributed by atoms with van der Waals surface area (Å²) in [5.41, 5.74) is 0. The molecule has 0 bridgehead atoms. The highest BCUT2D eigenvalue weighted by molar-refractivity contribution is 8.16. The van der Waals surface area contributed by atoms with E-state index in [0.29, 0.717) is 5.92 Å². The number of hydrogen-bond donors (Lipinski definition) is 1. The summed E-state index contributed by atoms with van der Waals surface area (Å²) in [6.07, 6.45) is 0.212. The van der Waals surface area contributed by atoms with Gasteiger partial charge in [0.05, 0.1) is 0 Å². The van der Waals surface area contributed by atoms with Crippen molar-refractivity contribution in [3.05, 3.63) is 12.0 Å². The maximum absolute atomic E-state index is 10.7. The second-order valence-corrected chi connectivity index (χ2v) is 4.04. The van der Waals surface area contributed by atoms with Crippen molar-refractivity contribution < 1.29 is 9.63 Å². The van der Waals surface area contributed by atoms with E-state index in [4.69, 9.17) is 0 Å². The molecule has 0 unspecified atom stereocenters. The van der Waals surface area contributed by atoms with E-state index in [9.17, 15) is 4.79 Å². The quantitative estimate of drug-likeness (QED) is 0.340. The van der Waals surface area contributed by atoms with Crippen LogP contribution in [0.5, 0.6) is 0 Å². The molecule has 0 fully saturated rings. The van der Waals surface area contributed by atoms with E-state index >= 15 is 0 Å². The fraction of sp³-hybridized carbons (Fsp3) is 0.556. The van der Waals surface area contributed by atoms with Crippen molar-refractivity contribution in [2.24, 2.45) is 11.1 Å². The van der Waals surface area contributed by atoms with Crippen LogP contribution in [0.1, 0.15) is 20.3 Å². The molecule has 0 aliphatic heterocycles. The number of rotatable bonds is 4. The van der Waals surface area contributed by atoms with Crippen LogP contribution >= 0.6 is 11.8 Å². The summed E-state index contributed by atoms with van der Waals surface area (Å²) in [7, 11) is 1.49. The van der Waals surface area contributed by atoms with Crippen molar-refractivity contribution in [2.75, 3.05) is 7.05 Å². The molecular weight excluding hydrogens is 200 g/mol. The molecule has 0 aromatic rings. The van der Waals surface area contributed by atoms with Gasteiger partial charge in [0.1, 0.15) is 5.04 Å². The first-order chi connectivity index (χ1) is 6.60. The van der Waals surface area contributed by atoms with Crippen LogP contribution in [-0.4, -0.2) is 18.2 Å². The Hall–Kier alpha value is -0.970. The Labute approximate surface area is 88.8 Å². The van der Waals surface area contributed by atoms with Crippen molar-refractivity contribution >= 4 is 22.9 Å². The predicted octanol–water partition coefficient (Wildman–Crippen LogP) is 2.58. The van der Waals surface area contributed by atoms with Gasteiger partial charge < -0.3 is 5.32 Å². The van der Waals surface area contributed by atoms with Crippen molar-refractivity contribution in [1.29, 1.82) is 0 Å². The van der Waals surface area contributed by atoms with Crippen LogP contribution in [-0.2, 0) is 4.84 Å². The van der Waals surface area contributed by atoms with Crippen LogP contribution in [0.3, 0.4) is 0 Å². The zero-order valence-electron chi connectivity index (χ0n) is 8.74. The van der Waals surface area contributed by atoms with Gasteiger partial charge in [-0.05, 0) is 11.3 Å². The molecule has 1 amide bonds. The average Bonchev–Trinajstić information content (AvgIpc) is 2.13. The third-order valence-electron chi connectivity index (χ3n) is 1.24. The zero-order valence-corrected chi connectivity index (χ0v) is 9.56. The first kappa shape index (κ1) is 13.0. The SMILES string of the molecule is C=CSC(CC(C)C)=NOC(=O)NC. The first-order valence-electron chi connectivity index (χ1n) is 4.33. The van der Waals surface area contributed by atoms with Gasteiger partial charge in [-0.25, -0.2) is 4.79 Å². The van der Waals surface area contributed by atoms with Crippen molar-refractivity contribution in [3.63, 3.8) is 0 Å². The standard InChI is InChI=1S/C9H16N2O2S/c1-5-14-8(6-7(2)3)11-13-9(12)10-4/h5,7H,1,6H2,2-4H3,(H,10,12). The topological polar surface area (TPSA) is 50.7 Å². The molecule has 0 heterocycles. The molecule has 0 aliphatic carbocycles. The maximum atomic E-state index is 10.7. The second-order valence-electron chi connectivity index (χ2n) is 3.00. The van der Waals surface area contributed by atoms with E-state index in [1.165, 1.54) is 18.8 Å².